The molecule has 0 spiro atoms. The highest BCUT2D eigenvalue weighted by molar-refractivity contribution is 5.92. The summed E-state index contributed by atoms with van der Waals surface area (Å²) in [6.07, 6.45) is 8.85. The molecule has 0 aliphatic carbocycles. The predicted octanol–water partition coefficient (Wildman–Crippen LogP) is 1.57. The van der Waals surface area contributed by atoms with E-state index in [0.29, 0.717) is 11.6 Å². The number of amides is 1. The van der Waals surface area contributed by atoms with E-state index in [1.807, 2.05) is 13.8 Å². The Labute approximate surface area is 133 Å². The van der Waals surface area contributed by atoms with E-state index in [4.69, 9.17) is 0 Å². The molecule has 1 amide bonds. The lowest BCUT2D eigenvalue weighted by atomic mass is 10.2. The Morgan fingerprint density at radius 3 is 2.74 bits per heavy atom. The van der Waals surface area contributed by atoms with Crippen molar-refractivity contribution in [3.8, 4) is 5.95 Å². The van der Waals surface area contributed by atoms with Crippen molar-refractivity contribution in [2.45, 2.75) is 26.3 Å². The average molecular weight is 311 g/mol. The summed E-state index contributed by atoms with van der Waals surface area (Å²) in [5.74, 6) is 0.942. The van der Waals surface area contributed by atoms with Gasteiger partial charge in [-0.15, -0.1) is 0 Å². The van der Waals surface area contributed by atoms with Gasteiger partial charge in [-0.3, -0.25) is 9.36 Å². The number of nitrogens with one attached hydrogen (secondary N) is 2. The van der Waals surface area contributed by atoms with Gasteiger partial charge in [-0.1, -0.05) is 6.92 Å². The molecule has 23 heavy (non-hydrogen) atoms. The summed E-state index contributed by atoms with van der Waals surface area (Å²) in [7, 11) is 0. The number of rotatable bonds is 5. The fraction of sp³-hybridized carbons (Fsp3) is 0.267. The Morgan fingerprint density at radius 1 is 1.30 bits per heavy atom. The lowest BCUT2D eigenvalue weighted by Gasteiger charge is -2.13. The average Bonchev–Trinajstić information content (AvgIpc) is 3.22. The summed E-state index contributed by atoms with van der Waals surface area (Å²) in [4.78, 5) is 32.1. The minimum absolute atomic E-state index is 0.186. The summed E-state index contributed by atoms with van der Waals surface area (Å²) >= 11 is 0. The van der Waals surface area contributed by atoms with Gasteiger partial charge >= 0.3 is 0 Å². The molecule has 3 aromatic heterocycles. The Balaban J connectivity index is 1.74. The monoisotopic (exact) mass is 311 g/mol. The number of carbonyl (C=O) groups is 1. The number of H-pyrrole nitrogens is 1. The zero-order valence-electron chi connectivity index (χ0n) is 12.9. The second-order valence-corrected chi connectivity index (χ2v) is 5.10. The number of aromatic amines is 1. The minimum atomic E-state index is -0.263. The summed E-state index contributed by atoms with van der Waals surface area (Å²) < 4.78 is 1.60. The van der Waals surface area contributed by atoms with Gasteiger partial charge in [0.15, 0.2) is 0 Å². The molecule has 2 N–H and O–H groups in total. The second-order valence-electron chi connectivity index (χ2n) is 5.10. The molecule has 0 fully saturated rings. The molecular formula is C15H17N7O. The van der Waals surface area contributed by atoms with Crippen LogP contribution in [0.5, 0.6) is 0 Å². The minimum Gasteiger partial charge on any atom is -0.344 e. The fourth-order valence-electron chi connectivity index (χ4n) is 2.18. The van der Waals surface area contributed by atoms with Crippen molar-refractivity contribution >= 4 is 5.91 Å². The first-order valence-electron chi connectivity index (χ1n) is 7.31. The normalized spacial score (nSPS) is 12.1. The highest BCUT2D eigenvalue weighted by atomic mass is 16.2. The highest BCUT2D eigenvalue weighted by Crippen LogP contribution is 2.14. The van der Waals surface area contributed by atoms with Crippen LogP contribution < -0.4 is 5.32 Å². The number of nitrogens with zero attached hydrogens (tertiary/aromatic N) is 5. The summed E-state index contributed by atoms with van der Waals surface area (Å²) in [6, 6.07) is 1.54. The molecule has 0 aromatic carbocycles. The molecule has 1 unspecified atom stereocenters. The molecule has 0 radical (unpaired) electrons. The quantitative estimate of drug-likeness (QED) is 0.745. The van der Waals surface area contributed by atoms with Crippen LogP contribution in [0.4, 0.5) is 0 Å². The van der Waals surface area contributed by atoms with Crippen LogP contribution in [-0.2, 0) is 0 Å². The zero-order chi connectivity index (χ0) is 16.2. The van der Waals surface area contributed by atoms with Crippen molar-refractivity contribution in [3.05, 3.63) is 54.4 Å². The Morgan fingerprint density at radius 2 is 2.09 bits per heavy atom. The number of carbonyl (C=O) groups excluding carboxylic acids is 1. The Kier molecular flexibility index (Phi) is 4.13. The summed E-state index contributed by atoms with van der Waals surface area (Å²) in [5, 5.41) is 2.93. The van der Waals surface area contributed by atoms with Crippen molar-refractivity contribution < 1.29 is 4.79 Å². The summed E-state index contributed by atoms with van der Waals surface area (Å²) in [5.41, 5.74) is 1.26. The maximum atomic E-state index is 12.4. The Bertz CT molecular complexity index is 793. The molecule has 3 heterocycles. The van der Waals surface area contributed by atoms with Gasteiger partial charge in [0.05, 0.1) is 6.04 Å². The lowest BCUT2D eigenvalue weighted by Crippen LogP contribution is -2.29. The molecule has 0 saturated carbocycles. The van der Waals surface area contributed by atoms with Crippen LogP contribution in [0.1, 0.15) is 41.4 Å². The maximum Gasteiger partial charge on any atom is 0.272 e. The van der Waals surface area contributed by atoms with Crippen LogP contribution >= 0.6 is 0 Å². The van der Waals surface area contributed by atoms with Crippen molar-refractivity contribution in [3.63, 3.8) is 0 Å². The molecule has 8 heteroatoms. The molecule has 0 aliphatic rings. The van der Waals surface area contributed by atoms with Gasteiger partial charge in [0.25, 0.3) is 5.91 Å². The topological polar surface area (TPSA) is 101 Å². The number of imidazole rings is 2. The van der Waals surface area contributed by atoms with E-state index in [-0.39, 0.29) is 11.9 Å². The van der Waals surface area contributed by atoms with Gasteiger partial charge in [-0.2, -0.15) is 0 Å². The van der Waals surface area contributed by atoms with E-state index in [1.54, 1.807) is 35.4 Å². The van der Waals surface area contributed by atoms with Crippen LogP contribution in [0, 0.1) is 6.92 Å². The number of hydrogen-bond donors (Lipinski definition) is 2. The predicted molar refractivity (Wildman–Crippen MR) is 83.0 cm³/mol. The van der Waals surface area contributed by atoms with Crippen LogP contribution in [0.15, 0.2) is 37.2 Å². The molecule has 0 aliphatic heterocycles. The number of aryl methyl sites for hydroxylation is 1. The fourth-order valence-corrected chi connectivity index (χ4v) is 2.18. The van der Waals surface area contributed by atoms with E-state index >= 15 is 0 Å². The maximum absolute atomic E-state index is 12.4. The number of hydrogen-bond acceptors (Lipinski definition) is 5. The van der Waals surface area contributed by atoms with Crippen LogP contribution in [-0.4, -0.2) is 35.4 Å². The SMILES string of the molecule is CCC(NC(=O)c1cn(-c2ncccn2)cn1)c1ncc(C)[nH]1. The molecule has 118 valence electrons. The van der Waals surface area contributed by atoms with E-state index < -0.39 is 0 Å². The molecule has 3 rings (SSSR count). The third-order valence-electron chi connectivity index (χ3n) is 3.36. The van der Waals surface area contributed by atoms with E-state index in [9.17, 15) is 4.79 Å². The molecule has 8 nitrogen and oxygen atoms in total. The van der Waals surface area contributed by atoms with Gasteiger partial charge in [0, 0.05) is 30.5 Å². The third-order valence-corrected chi connectivity index (χ3v) is 3.36. The van der Waals surface area contributed by atoms with Crippen molar-refractivity contribution in [1.29, 1.82) is 0 Å². The first-order valence-corrected chi connectivity index (χ1v) is 7.31. The highest BCUT2D eigenvalue weighted by Gasteiger charge is 2.18. The second kappa shape index (κ2) is 6.39. The van der Waals surface area contributed by atoms with Gasteiger partial charge in [0.2, 0.25) is 5.95 Å². The molecule has 0 bridgehead atoms. The number of aromatic nitrogens is 6. The van der Waals surface area contributed by atoms with E-state index in [1.165, 1.54) is 6.33 Å². The van der Waals surface area contributed by atoms with Gasteiger partial charge in [-0.05, 0) is 19.4 Å². The Hall–Kier alpha value is -3.03. The molecular weight excluding hydrogens is 294 g/mol. The largest absolute Gasteiger partial charge is 0.344 e. The van der Waals surface area contributed by atoms with Gasteiger partial charge < -0.3 is 10.3 Å². The van der Waals surface area contributed by atoms with Gasteiger partial charge in [-0.25, -0.2) is 19.9 Å². The molecule has 3 aromatic rings. The lowest BCUT2D eigenvalue weighted by molar-refractivity contribution is 0.0929. The first-order chi connectivity index (χ1) is 11.2. The molecule has 1 atom stereocenters. The van der Waals surface area contributed by atoms with Crippen LogP contribution in [0.2, 0.25) is 0 Å². The van der Waals surface area contributed by atoms with Crippen molar-refractivity contribution in [2.24, 2.45) is 0 Å². The molecule has 0 saturated heterocycles. The smallest absolute Gasteiger partial charge is 0.272 e. The van der Waals surface area contributed by atoms with Crippen LogP contribution in [0.25, 0.3) is 5.95 Å². The van der Waals surface area contributed by atoms with Crippen molar-refractivity contribution in [1.82, 2.24) is 34.8 Å². The third kappa shape index (κ3) is 3.25. The van der Waals surface area contributed by atoms with Crippen molar-refractivity contribution in [2.75, 3.05) is 0 Å². The zero-order valence-corrected chi connectivity index (χ0v) is 12.9. The van der Waals surface area contributed by atoms with Gasteiger partial charge in [0.1, 0.15) is 17.8 Å². The van der Waals surface area contributed by atoms with E-state index in [2.05, 4.69) is 30.2 Å². The van der Waals surface area contributed by atoms with Crippen LogP contribution in [0.3, 0.4) is 0 Å². The van der Waals surface area contributed by atoms with E-state index in [0.717, 1.165) is 17.9 Å². The summed E-state index contributed by atoms with van der Waals surface area (Å²) in [6.45, 7) is 3.91. The first kappa shape index (κ1) is 14.9. The standard InChI is InChI=1S/C15H17N7O/c1-3-11(13-18-7-10(2)20-13)21-14(23)12-8-22(9-19-12)15-16-5-4-6-17-15/h4-9,11H,3H2,1-2H3,(H,18,20)(H,21,23).